The zero-order chi connectivity index (χ0) is 20.1. The Balaban J connectivity index is 1.40. The van der Waals surface area contributed by atoms with E-state index in [-0.39, 0.29) is 11.8 Å². The molecule has 2 amide bonds. The standard InChI is InChI=1S/C20H32N4O3S/c1-20(2,3)27-19(26)23-18-22-16(13-28-18)12-24-10-8-14(9-11-24)17(25)21-15-6-4-5-7-15/h13-15H,4-12H2,1-3H3,(H,21,25)(H,22,23,26). The summed E-state index contributed by atoms with van der Waals surface area (Å²) in [4.78, 5) is 31.1. The van der Waals surface area contributed by atoms with Gasteiger partial charge in [-0.25, -0.2) is 9.78 Å². The van der Waals surface area contributed by atoms with Gasteiger partial charge in [-0.1, -0.05) is 12.8 Å². The number of thiazole rings is 1. The van der Waals surface area contributed by atoms with E-state index in [9.17, 15) is 9.59 Å². The first kappa shape index (κ1) is 21.0. The molecule has 2 N–H and O–H groups in total. The number of amides is 2. The number of hydrogen-bond donors (Lipinski definition) is 2. The molecule has 0 aromatic carbocycles. The third-order valence-corrected chi connectivity index (χ3v) is 6.01. The lowest BCUT2D eigenvalue weighted by Gasteiger charge is -2.31. The summed E-state index contributed by atoms with van der Waals surface area (Å²) in [5.41, 5.74) is 0.406. The molecule has 1 aliphatic heterocycles. The van der Waals surface area contributed by atoms with Gasteiger partial charge in [-0.15, -0.1) is 11.3 Å². The number of carbonyl (C=O) groups is 2. The van der Waals surface area contributed by atoms with Crippen molar-refractivity contribution >= 4 is 28.5 Å². The van der Waals surface area contributed by atoms with Crippen molar-refractivity contribution in [2.45, 2.75) is 77.5 Å². The molecule has 7 nitrogen and oxygen atoms in total. The van der Waals surface area contributed by atoms with Gasteiger partial charge in [0.15, 0.2) is 5.13 Å². The van der Waals surface area contributed by atoms with Crippen LogP contribution in [0, 0.1) is 5.92 Å². The Morgan fingerprint density at radius 3 is 2.54 bits per heavy atom. The van der Waals surface area contributed by atoms with Crippen molar-refractivity contribution in [3.8, 4) is 0 Å². The van der Waals surface area contributed by atoms with Gasteiger partial charge in [0.2, 0.25) is 5.91 Å². The topological polar surface area (TPSA) is 83.6 Å². The normalized spacial score (nSPS) is 19.5. The smallest absolute Gasteiger partial charge is 0.413 e. The molecule has 2 aliphatic rings. The molecule has 156 valence electrons. The van der Waals surface area contributed by atoms with Crippen LogP contribution in [-0.4, -0.2) is 46.6 Å². The van der Waals surface area contributed by atoms with E-state index in [1.165, 1.54) is 24.2 Å². The fourth-order valence-corrected chi connectivity index (χ4v) is 4.49. The number of anilines is 1. The minimum atomic E-state index is -0.529. The van der Waals surface area contributed by atoms with Crippen molar-refractivity contribution in [2.75, 3.05) is 18.4 Å². The molecule has 2 heterocycles. The molecule has 28 heavy (non-hydrogen) atoms. The molecule has 0 radical (unpaired) electrons. The summed E-state index contributed by atoms with van der Waals surface area (Å²) in [7, 11) is 0. The molecule has 1 aromatic rings. The number of nitrogens with zero attached hydrogens (tertiary/aromatic N) is 2. The summed E-state index contributed by atoms with van der Waals surface area (Å²) in [5.74, 6) is 0.376. The Bertz CT molecular complexity index is 671. The summed E-state index contributed by atoms with van der Waals surface area (Å²) in [6.07, 6.45) is 6.05. The Morgan fingerprint density at radius 1 is 1.21 bits per heavy atom. The van der Waals surface area contributed by atoms with Crippen LogP contribution in [0.4, 0.5) is 9.93 Å². The number of hydrogen-bond acceptors (Lipinski definition) is 6. The van der Waals surface area contributed by atoms with Gasteiger partial charge >= 0.3 is 6.09 Å². The molecule has 0 bridgehead atoms. The second-order valence-electron chi connectivity index (χ2n) is 8.81. The predicted molar refractivity (Wildman–Crippen MR) is 110 cm³/mol. The Morgan fingerprint density at radius 2 is 1.89 bits per heavy atom. The van der Waals surface area contributed by atoms with Gasteiger partial charge in [-0.2, -0.15) is 0 Å². The van der Waals surface area contributed by atoms with Crippen LogP contribution in [0.3, 0.4) is 0 Å². The highest BCUT2D eigenvalue weighted by Crippen LogP contribution is 2.23. The van der Waals surface area contributed by atoms with Crippen LogP contribution in [-0.2, 0) is 16.1 Å². The highest BCUT2D eigenvalue weighted by Gasteiger charge is 2.27. The summed E-state index contributed by atoms with van der Waals surface area (Å²) in [6.45, 7) is 8.03. The lowest BCUT2D eigenvalue weighted by molar-refractivity contribution is -0.127. The molecular formula is C20H32N4O3S. The SMILES string of the molecule is CC(C)(C)OC(=O)Nc1nc(CN2CCC(C(=O)NC3CCCC3)CC2)cs1. The molecule has 2 fully saturated rings. The summed E-state index contributed by atoms with van der Waals surface area (Å²) < 4.78 is 5.25. The van der Waals surface area contributed by atoms with E-state index >= 15 is 0 Å². The molecule has 0 spiro atoms. The van der Waals surface area contributed by atoms with Crippen LogP contribution in [0.1, 0.15) is 65.0 Å². The number of carbonyl (C=O) groups excluding carboxylic acids is 2. The van der Waals surface area contributed by atoms with Crippen molar-refractivity contribution < 1.29 is 14.3 Å². The number of likely N-dealkylation sites (tertiary alicyclic amines) is 1. The van der Waals surface area contributed by atoms with Crippen molar-refractivity contribution in [2.24, 2.45) is 5.92 Å². The quantitative estimate of drug-likeness (QED) is 0.775. The Kier molecular flexibility index (Phi) is 6.93. The molecular weight excluding hydrogens is 376 g/mol. The fourth-order valence-electron chi connectivity index (χ4n) is 3.80. The minimum absolute atomic E-state index is 0.136. The average Bonchev–Trinajstić information content (AvgIpc) is 3.26. The van der Waals surface area contributed by atoms with Crippen LogP contribution in [0.15, 0.2) is 5.38 Å². The summed E-state index contributed by atoms with van der Waals surface area (Å²) >= 11 is 1.40. The Labute approximate surface area is 171 Å². The van der Waals surface area contributed by atoms with Crippen LogP contribution in [0.5, 0.6) is 0 Å². The van der Waals surface area contributed by atoms with E-state index in [2.05, 4.69) is 20.5 Å². The van der Waals surface area contributed by atoms with Crippen LogP contribution < -0.4 is 10.6 Å². The molecule has 1 aromatic heterocycles. The number of rotatable bonds is 5. The molecule has 1 saturated carbocycles. The maximum absolute atomic E-state index is 12.4. The average molecular weight is 409 g/mol. The predicted octanol–water partition coefficient (Wildman–Crippen LogP) is 3.76. The zero-order valence-electron chi connectivity index (χ0n) is 17.1. The fraction of sp³-hybridized carbons (Fsp3) is 0.750. The lowest BCUT2D eigenvalue weighted by atomic mass is 9.95. The monoisotopic (exact) mass is 408 g/mol. The highest BCUT2D eigenvalue weighted by atomic mass is 32.1. The van der Waals surface area contributed by atoms with Gasteiger partial charge in [0.05, 0.1) is 5.69 Å². The first-order valence-electron chi connectivity index (χ1n) is 10.3. The largest absolute Gasteiger partial charge is 0.444 e. The first-order valence-corrected chi connectivity index (χ1v) is 11.1. The van der Waals surface area contributed by atoms with E-state index in [4.69, 9.17) is 4.74 Å². The van der Waals surface area contributed by atoms with Crippen molar-refractivity contribution in [1.29, 1.82) is 0 Å². The lowest BCUT2D eigenvalue weighted by Crippen LogP contribution is -2.43. The van der Waals surface area contributed by atoms with E-state index in [0.29, 0.717) is 11.2 Å². The molecule has 1 aliphatic carbocycles. The number of ether oxygens (including phenoxy) is 1. The number of nitrogens with one attached hydrogen (secondary N) is 2. The van der Waals surface area contributed by atoms with E-state index in [0.717, 1.165) is 51.0 Å². The van der Waals surface area contributed by atoms with Gasteiger partial charge in [0.1, 0.15) is 5.60 Å². The zero-order valence-corrected chi connectivity index (χ0v) is 17.9. The van der Waals surface area contributed by atoms with E-state index < -0.39 is 11.7 Å². The molecule has 8 heteroatoms. The molecule has 3 rings (SSSR count). The van der Waals surface area contributed by atoms with Gasteiger partial charge in [0, 0.05) is 23.9 Å². The minimum Gasteiger partial charge on any atom is -0.444 e. The third-order valence-electron chi connectivity index (χ3n) is 5.21. The van der Waals surface area contributed by atoms with E-state index in [1.807, 2.05) is 26.2 Å². The van der Waals surface area contributed by atoms with Gasteiger partial charge in [0.25, 0.3) is 0 Å². The summed E-state index contributed by atoms with van der Waals surface area (Å²) in [5, 5.41) is 8.43. The van der Waals surface area contributed by atoms with Crippen molar-refractivity contribution in [1.82, 2.24) is 15.2 Å². The second kappa shape index (κ2) is 9.22. The summed E-state index contributed by atoms with van der Waals surface area (Å²) in [6, 6.07) is 0.399. The maximum atomic E-state index is 12.4. The highest BCUT2D eigenvalue weighted by molar-refractivity contribution is 7.13. The number of aromatic nitrogens is 1. The van der Waals surface area contributed by atoms with Gasteiger partial charge < -0.3 is 10.1 Å². The molecule has 0 atom stereocenters. The molecule has 1 saturated heterocycles. The Hall–Kier alpha value is -1.67. The number of piperidine rings is 1. The second-order valence-corrected chi connectivity index (χ2v) is 9.67. The van der Waals surface area contributed by atoms with Crippen LogP contribution in [0.2, 0.25) is 0 Å². The van der Waals surface area contributed by atoms with E-state index in [1.54, 1.807) is 0 Å². The van der Waals surface area contributed by atoms with Gasteiger partial charge in [-0.05, 0) is 59.5 Å². The van der Waals surface area contributed by atoms with Gasteiger partial charge in [-0.3, -0.25) is 15.0 Å². The third kappa shape index (κ3) is 6.44. The first-order chi connectivity index (χ1) is 13.3. The van der Waals surface area contributed by atoms with Crippen molar-refractivity contribution in [3.05, 3.63) is 11.1 Å². The van der Waals surface area contributed by atoms with Crippen molar-refractivity contribution in [3.63, 3.8) is 0 Å². The van der Waals surface area contributed by atoms with Crippen LogP contribution in [0.25, 0.3) is 0 Å². The maximum Gasteiger partial charge on any atom is 0.413 e. The van der Waals surface area contributed by atoms with Crippen LogP contribution >= 0.6 is 11.3 Å². The molecule has 0 unspecified atom stereocenters.